The van der Waals surface area contributed by atoms with Crippen molar-refractivity contribution in [1.29, 1.82) is 0 Å². The minimum absolute atomic E-state index is 0.488. The van der Waals surface area contributed by atoms with Crippen LogP contribution in [0.3, 0.4) is 0 Å². The fraction of sp³-hybridized carbons (Fsp3) is 0.722. The SMILES string of the molecule is CC(C)c1cc(CNC2CC2)cc(N2CC(C)C(C)C2)n1. The predicted octanol–water partition coefficient (Wildman–Crippen LogP) is 3.55. The summed E-state index contributed by atoms with van der Waals surface area (Å²) in [6.07, 6.45) is 2.69. The molecule has 2 heterocycles. The molecular formula is C18H29N3. The number of aromatic nitrogens is 1. The average molecular weight is 287 g/mol. The number of pyridine rings is 1. The molecule has 0 bridgehead atoms. The second kappa shape index (κ2) is 5.96. The van der Waals surface area contributed by atoms with E-state index in [9.17, 15) is 0 Å². The van der Waals surface area contributed by atoms with Crippen molar-refractivity contribution in [2.24, 2.45) is 11.8 Å². The Morgan fingerprint density at radius 2 is 1.86 bits per heavy atom. The highest BCUT2D eigenvalue weighted by atomic mass is 15.2. The Morgan fingerprint density at radius 1 is 1.19 bits per heavy atom. The maximum absolute atomic E-state index is 4.92. The summed E-state index contributed by atoms with van der Waals surface area (Å²) in [7, 11) is 0. The summed E-state index contributed by atoms with van der Waals surface area (Å²) in [5.74, 6) is 3.21. The summed E-state index contributed by atoms with van der Waals surface area (Å²) >= 11 is 0. The van der Waals surface area contributed by atoms with Crippen LogP contribution in [0, 0.1) is 11.8 Å². The van der Waals surface area contributed by atoms with Crippen LogP contribution in [-0.2, 0) is 6.54 Å². The van der Waals surface area contributed by atoms with Gasteiger partial charge in [-0.1, -0.05) is 27.7 Å². The second-order valence-corrected chi connectivity index (χ2v) is 7.43. The van der Waals surface area contributed by atoms with Gasteiger partial charge in [0.05, 0.1) is 0 Å². The van der Waals surface area contributed by atoms with Gasteiger partial charge in [0.15, 0.2) is 0 Å². The van der Waals surface area contributed by atoms with Crippen molar-refractivity contribution < 1.29 is 0 Å². The lowest BCUT2D eigenvalue weighted by atomic mass is 10.0. The molecule has 1 N–H and O–H groups in total. The van der Waals surface area contributed by atoms with Gasteiger partial charge in [-0.3, -0.25) is 0 Å². The molecular weight excluding hydrogens is 258 g/mol. The fourth-order valence-electron chi connectivity index (χ4n) is 3.02. The van der Waals surface area contributed by atoms with Gasteiger partial charge < -0.3 is 10.2 Å². The molecule has 2 atom stereocenters. The lowest BCUT2D eigenvalue weighted by Gasteiger charge is -2.20. The maximum atomic E-state index is 4.92. The molecule has 3 nitrogen and oxygen atoms in total. The van der Waals surface area contributed by atoms with E-state index >= 15 is 0 Å². The largest absolute Gasteiger partial charge is 0.356 e. The third-order valence-corrected chi connectivity index (χ3v) is 4.97. The van der Waals surface area contributed by atoms with Crippen LogP contribution in [0.4, 0.5) is 5.82 Å². The van der Waals surface area contributed by atoms with Crippen LogP contribution in [-0.4, -0.2) is 24.1 Å². The highest BCUT2D eigenvalue weighted by molar-refractivity contribution is 5.44. The third-order valence-electron chi connectivity index (χ3n) is 4.97. The Bertz CT molecular complexity index is 483. The van der Waals surface area contributed by atoms with Gasteiger partial charge in [-0.2, -0.15) is 0 Å². The molecule has 2 fully saturated rings. The fourth-order valence-corrected chi connectivity index (χ4v) is 3.02. The van der Waals surface area contributed by atoms with E-state index in [0.717, 1.165) is 37.5 Å². The van der Waals surface area contributed by atoms with Crippen molar-refractivity contribution in [3.63, 3.8) is 0 Å². The first-order chi connectivity index (χ1) is 10.0. The number of anilines is 1. The standard InChI is InChI=1S/C18H29N3/c1-12(2)17-7-15(9-19-16-5-6-16)8-18(20-17)21-10-13(3)14(4)11-21/h7-8,12-14,16,19H,5-6,9-11H2,1-4H3. The van der Waals surface area contributed by atoms with Gasteiger partial charge in [-0.25, -0.2) is 4.98 Å². The van der Waals surface area contributed by atoms with E-state index in [0.29, 0.717) is 5.92 Å². The zero-order chi connectivity index (χ0) is 15.0. The summed E-state index contributed by atoms with van der Waals surface area (Å²) < 4.78 is 0. The monoisotopic (exact) mass is 287 g/mol. The van der Waals surface area contributed by atoms with Gasteiger partial charge in [0, 0.05) is 31.4 Å². The molecule has 3 rings (SSSR count). The molecule has 1 aliphatic heterocycles. The maximum Gasteiger partial charge on any atom is 0.129 e. The van der Waals surface area contributed by atoms with Gasteiger partial charge in [0.1, 0.15) is 5.82 Å². The van der Waals surface area contributed by atoms with E-state index < -0.39 is 0 Å². The molecule has 0 spiro atoms. The smallest absolute Gasteiger partial charge is 0.129 e. The van der Waals surface area contributed by atoms with Gasteiger partial charge in [0.2, 0.25) is 0 Å². The van der Waals surface area contributed by atoms with Crippen LogP contribution >= 0.6 is 0 Å². The summed E-state index contributed by atoms with van der Waals surface area (Å²) in [5, 5.41) is 3.63. The average Bonchev–Trinajstić information content (AvgIpc) is 3.22. The Morgan fingerprint density at radius 3 is 2.43 bits per heavy atom. The topological polar surface area (TPSA) is 28.2 Å². The predicted molar refractivity (Wildman–Crippen MR) is 88.7 cm³/mol. The molecule has 1 aromatic heterocycles. The lowest BCUT2D eigenvalue weighted by molar-refractivity contribution is 0.494. The van der Waals surface area contributed by atoms with Crippen LogP contribution < -0.4 is 10.2 Å². The first-order valence-corrected chi connectivity index (χ1v) is 8.52. The van der Waals surface area contributed by atoms with Crippen LogP contribution in [0.15, 0.2) is 12.1 Å². The highest BCUT2D eigenvalue weighted by Crippen LogP contribution is 2.29. The Balaban J connectivity index is 1.80. The molecule has 1 saturated heterocycles. The molecule has 0 aromatic carbocycles. The van der Waals surface area contributed by atoms with Crippen LogP contribution in [0.1, 0.15) is 57.7 Å². The molecule has 2 unspecified atom stereocenters. The van der Waals surface area contributed by atoms with E-state index in [4.69, 9.17) is 4.98 Å². The third kappa shape index (κ3) is 3.57. The molecule has 0 radical (unpaired) electrons. The lowest BCUT2D eigenvalue weighted by Crippen LogP contribution is -2.22. The van der Waals surface area contributed by atoms with Gasteiger partial charge in [0.25, 0.3) is 0 Å². The molecule has 1 aliphatic carbocycles. The Kier molecular flexibility index (Phi) is 4.21. The summed E-state index contributed by atoms with van der Waals surface area (Å²) in [6, 6.07) is 5.34. The quantitative estimate of drug-likeness (QED) is 0.897. The molecule has 3 heteroatoms. The van der Waals surface area contributed by atoms with Crippen molar-refractivity contribution in [3.8, 4) is 0 Å². The van der Waals surface area contributed by atoms with Crippen LogP contribution in [0.2, 0.25) is 0 Å². The Hall–Kier alpha value is -1.09. The van der Waals surface area contributed by atoms with E-state index in [1.807, 2.05) is 0 Å². The molecule has 21 heavy (non-hydrogen) atoms. The zero-order valence-electron chi connectivity index (χ0n) is 13.9. The second-order valence-electron chi connectivity index (χ2n) is 7.43. The number of nitrogens with zero attached hydrogens (tertiary/aromatic N) is 2. The van der Waals surface area contributed by atoms with Gasteiger partial charge in [-0.05, 0) is 48.3 Å². The van der Waals surface area contributed by atoms with E-state index in [1.165, 1.54) is 29.9 Å². The number of rotatable bonds is 5. The summed E-state index contributed by atoms with van der Waals surface area (Å²) in [6.45, 7) is 12.5. The first-order valence-electron chi connectivity index (χ1n) is 8.52. The van der Waals surface area contributed by atoms with Gasteiger partial charge in [-0.15, -0.1) is 0 Å². The Labute approximate surface area is 129 Å². The van der Waals surface area contributed by atoms with E-state index in [2.05, 4.69) is 50.0 Å². The zero-order valence-corrected chi connectivity index (χ0v) is 13.9. The minimum Gasteiger partial charge on any atom is -0.356 e. The molecule has 1 aromatic rings. The first kappa shape index (κ1) is 14.8. The van der Waals surface area contributed by atoms with Crippen molar-refractivity contribution in [1.82, 2.24) is 10.3 Å². The number of hydrogen-bond acceptors (Lipinski definition) is 3. The summed E-state index contributed by atoms with van der Waals surface area (Å²) in [4.78, 5) is 7.40. The number of nitrogens with one attached hydrogen (secondary N) is 1. The van der Waals surface area contributed by atoms with E-state index in [1.54, 1.807) is 0 Å². The highest BCUT2D eigenvalue weighted by Gasteiger charge is 2.27. The summed E-state index contributed by atoms with van der Waals surface area (Å²) in [5.41, 5.74) is 2.62. The number of hydrogen-bond donors (Lipinski definition) is 1. The molecule has 2 aliphatic rings. The minimum atomic E-state index is 0.488. The van der Waals surface area contributed by atoms with Crippen molar-refractivity contribution >= 4 is 5.82 Å². The molecule has 0 amide bonds. The normalized spacial score (nSPS) is 25.9. The van der Waals surface area contributed by atoms with E-state index in [-0.39, 0.29) is 0 Å². The van der Waals surface area contributed by atoms with Crippen LogP contribution in [0.5, 0.6) is 0 Å². The van der Waals surface area contributed by atoms with Crippen LogP contribution in [0.25, 0.3) is 0 Å². The van der Waals surface area contributed by atoms with Gasteiger partial charge >= 0.3 is 0 Å². The van der Waals surface area contributed by atoms with Crippen molar-refractivity contribution in [2.45, 2.75) is 59.0 Å². The van der Waals surface area contributed by atoms with Crippen molar-refractivity contribution in [3.05, 3.63) is 23.4 Å². The molecule has 1 saturated carbocycles. The van der Waals surface area contributed by atoms with Crippen molar-refractivity contribution in [2.75, 3.05) is 18.0 Å². The molecule has 116 valence electrons.